The predicted octanol–water partition coefficient (Wildman–Crippen LogP) is 3.28. The molecule has 2 atom stereocenters. The van der Waals surface area contributed by atoms with Gasteiger partial charge in [0, 0.05) is 24.3 Å². The maximum absolute atomic E-state index is 11.8. The molecule has 0 aromatic heterocycles. The largest absolute Gasteiger partial charge is 0.396 e. The number of rotatable bonds is 3. The molecule has 1 aromatic rings. The number of aliphatic hydroxyl groups is 1. The Morgan fingerprint density at radius 3 is 2.79 bits per heavy atom. The summed E-state index contributed by atoms with van der Waals surface area (Å²) in [6.45, 7) is 0.109. The van der Waals surface area contributed by atoms with Gasteiger partial charge in [0.1, 0.15) is 0 Å². The predicted molar refractivity (Wildman–Crippen MR) is 76.8 cm³/mol. The third-order valence-electron chi connectivity index (χ3n) is 3.39. The van der Waals surface area contributed by atoms with Gasteiger partial charge in [0.2, 0.25) is 0 Å². The highest BCUT2D eigenvalue weighted by Crippen LogP contribution is 2.26. The van der Waals surface area contributed by atoms with Gasteiger partial charge in [-0.15, -0.1) is 0 Å². The van der Waals surface area contributed by atoms with Crippen molar-refractivity contribution in [1.82, 2.24) is 5.32 Å². The van der Waals surface area contributed by atoms with Crippen LogP contribution < -0.4 is 10.6 Å². The number of hydrogen-bond acceptors (Lipinski definition) is 2. The summed E-state index contributed by atoms with van der Waals surface area (Å²) in [5.74, 6) is 0.152. The van der Waals surface area contributed by atoms with Gasteiger partial charge in [-0.1, -0.05) is 29.6 Å². The van der Waals surface area contributed by atoms with Gasteiger partial charge in [0.25, 0.3) is 0 Å². The first-order valence-electron chi connectivity index (χ1n) is 6.23. The summed E-state index contributed by atoms with van der Waals surface area (Å²) in [5.41, 5.74) is 0.588. The summed E-state index contributed by atoms with van der Waals surface area (Å²) in [6.07, 6.45) is 2.89. The number of urea groups is 1. The number of nitrogens with one attached hydrogen (secondary N) is 2. The maximum Gasteiger partial charge on any atom is 0.319 e. The zero-order valence-corrected chi connectivity index (χ0v) is 11.8. The molecular weight excluding hydrogens is 287 g/mol. The zero-order chi connectivity index (χ0) is 13.8. The van der Waals surface area contributed by atoms with Crippen LogP contribution in [-0.4, -0.2) is 23.8 Å². The molecule has 0 spiro atoms. The van der Waals surface area contributed by atoms with Crippen LogP contribution in [0.5, 0.6) is 0 Å². The van der Waals surface area contributed by atoms with E-state index in [1.165, 1.54) is 0 Å². The van der Waals surface area contributed by atoms with Crippen molar-refractivity contribution in [1.29, 1.82) is 0 Å². The molecule has 1 fully saturated rings. The second kappa shape index (κ2) is 6.46. The van der Waals surface area contributed by atoms with E-state index in [0.29, 0.717) is 15.7 Å². The average Bonchev–Trinajstić information content (AvgIpc) is 2.81. The van der Waals surface area contributed by atoms with Crippen molar-refractivity contribution in [2.24, 2.45) is 5.92 Å². The van der Waals surface area contributed by atoms with E-state index in [9.17, 15) is 9.90 Å². The number of amides is 2. The Bertz CT molecular complexity index is 468. The summed E-state index contributed by atoms with van der Waals surface area (Å²) >= 11 is 11.7. The van der Waals surface area contributed by atoms with Crippen LogP contribution in [0, 0.1) is 5.92 Å². The van der Waals surface area contributed by atoms with Gasteiger partial charge in [0.15, 0.2) is 0 Å². The zero-order valence-electron chi connectivity index (χ0n) is 10.3. The van der Waals surface area contributed by atoms with Crippen LogP contribution in [0.3, 0.4) is 0 Å². The van der Waals surface area contributed by atoms with Gasteiger partial charge in [-0.2, -0.15) is 0 Å². The van der Waals surface area contributed by atoms with Crippen molar-refractivity contribution >= 4 is 34.9 Å². The summed E-state index contributed by atoms with van der Waals surface area (Å²) in [4.78, 5) is 11.8. The molecule has 0 saturated heterocycles. The number of carbonyl (C=O) groups is 1. The fraction of sp³-hybridized carbons (Fsp3) is 0.462. The minimum atomic E-state index is -0.288. The Kier molecular flexibility index (Phi) is 4.91. The number of hydrogen-bond donors (Lipinski definition) is 3. The Morgan fingerprint density at radius 2 is 2.11 bits per heavy atom. The molecule has 0 bridgehead atoms. The molecule has 1 aromatic carbocycles. The maximum atomic E-state index is 11.8. The third-order valence-corrected chi connectivity index (χ3v) is 4.13. The lowest BCUT2D eigenvalue weighted by Gasteiger charge is -2.19. The highest BCUT2D eigenvalue weighted by atomic mass is 35.5. The molecule has 6 heteroatoms. The molecular formula is C13H16Cl2N2O2. The van der Waals surface area contributed by atoms with Crippen LogP contribution in [0.25, 0.3) is 0 Å². The summed E-state index contributed by atoms with van der Waals surface area (Å²) in [6, 6.07) is 4.66. The Morgan fingerprint density at radius 1 is 1.32 bits per heavy atom. The second-order valence-electron chi connectivity index (χ2n) is 4.71. The van der Waals surface area contributed by atoms with E-state index in [0.717, 1.165) is 19.3 Å². The molecule has 19 heavy (non-hydrogen) atoms. The Labute approximate surface area is 122 Å². The minimum Gasteiger partial charge on any atom is -0.396 e. The van der Waals surface area contributed by atoms with E-state index in [2.05, 4.69) is 10.6 Å². The van der Waals surface area contributed by atoms with Crippen molar-refractivity contribution in [2.45, 2.75) is 25.3 Å². The van der Waals surface area contributed by atoms with Crippen molar-refractivity contribution < 1.29 is 9.90 Å². The van der Waals surface area contributed by atoms with Crippen LogP contribution in [0.4, 0.5) is 10.5 Å². The van der Waals surface area contributed by atoms with Gasteiger partial charge in [0.05, 0.1) is 10.0 Å². The van der Waals surface area contributed by atoms with E-state index in [4.69, 9.17) is 23.2 Å². The first-order valence-corrected chi connectivity index (χ1v) is 6.99. The Hall–Kier alpha value is -0.970. The standard InChI is InChI=1S/C13H16Cl2N2O2/c14-10-5-4-9(6-11(10)15)16-13(19)17-12-3-1-2-8(12)7-18/h4-6,8,12,18H,1-3,7H2,(H2,16,17,19). The van der Waals surface area contributed by atoms with E-state index < -0.39 is 0 Å². The molecule has 1 aliphatic carbocycles. The summed E-state index contributed by atoms with van der Waals surface area (Å²) in [5, 5.41) is 15.6. The number of benzene rings is 1. The number of halogens is 2. The topological polar surface area (TPSA) is 61.4 Å². The molecule has 0 aliphatic heterocycles. The SMILES string of the molecule is O=C(Nc1ccc(Cl)c(Cl)c1)NC1CCCC1CO. The van der Waals surface area contributed by atoms with E-state index >= 15 is 0 Å². The molecule has 2 rings (SSSR count). The van der Waals surface area contributed by atoms with E-state index in [1.54, 1.807) is 18.2 Å². The second-order valence-corrected chi connectivity index (χ2v) is 5.52. The number of anilines is 1. The van der Waals surface area contributed by atoms with Gasteiger partial charge < -0.3 is 15.7 Å². The molecule has 0 heterocycles. The molecule has 2 amide bonds. The van der Waals surface area contributed by atoms with Crippen molar-refractivity contribution in [3.05, 3.63) is 28.2 Å². The van der Waals surface area contributed by atoms with Gasteiger partial charge >= 0.3 is 6.03 Å². The highest BCUT2D eigenvalue weighted by molar-refractivity contribution is 6.42. The van der Waals surface area contributed by atoms with Crippen molar-refractivity contribution in [3.63, 3.8) is 0 Å². The first-order chi connectivity index (χ1) is 9.10. The quantitative estimate of drug-likeness (QED) is 0.802. The molecule has 3 N–H and O–H groups in total. The van der Waals surface area contributed by atoms with Crippen LogP contribution in [0.1, 0.15) is 19.3 Å². The van der Waals surface area contributed by atoms with Crippen LogP contribution >= 0.6 is 23.2 Å². The average molecular weight is 303 g/mol. The van der Waals surface area contributed by atoms with Gasteiger partial charge in [-0.3, -0.25) is 0 Å². The first kappa shape index (κ1) is 14.4. The van der Waals surface area contributed by atoms with E-state index in [-0.39, 0.29) is 24.6 Å². The summed E-state index contributed by atoms with van der Waals surface area (Å²) in [7, 11) is 0. The number of aliphatic hydroxyl groups excluding tert-OH is 1. The normalized spacial score (nSPS) is 22.3. The lowest BCUT2D eigenvalue weighted by Crippen LogP contribution is -2.41. The fourth-order valence-corrected chi connectivity index (χ4v) is 2.65. The highest BCUT2D eigenvalue weighted by Gasteiger charge is 2.27. The van der Waals surface area contributed by atoms with Crippen molar-refractivity contribution in [3.8, 4) is 0 Å². The number of carbonyl (C=O) groups excluding carboxylic acids is 1. The lowest BCUT2D eigenvalue weighted by molar-refractivity contribution is 0.203. The van der Waals surface area contributed by atoms with Gasteiger partial charge in [-0.25, -0.2) is 4.79 Å². The van der Waals surface area contributed by atoms with Gasteiger partial charge in [-0.05, 0) is 31.0 Å². The fourth-order valence-electron chi connectivity index (χ4n) is 2.35. The van der Waals surface area contributed by atoms with Crippen LogP contribution in [-0.2, 0) is 0 Å². The molecule has 0 radical (unpaired) electrons. The Balaban J connectivity index is 1.92. The van der Waals surface area contributed by atoms with Crippen molar-refractivity contribution in [2.75, 3.05) is 11.9 Å². The van der Waals surface area contributed by atoms with Crippen LogP contribution in [0.2, 0.25) is 10.0 Å². The van der Waals surface area contributed by atoms with Crippen LogP contribution in [0.15, 0.2) is 18.2 Å². The third kappa shape index (κ3) is 3.75. The molecule has 104 valence electrons. The van der Waals surface area contributed by atoms with E-state index in [1.807, 2.05) is 0 Å². The molecule has 1 aliphatic rings. The lowest BCUT2D eigenvalue weighted by atomic mass is 10.1. The monoisotopic (exact) mass is 302 g/mol. The smallest absolute Gasteiger partial charge is 0.319 e. The minimum absolute atomic E-state index is 0.0350. The summed E-state index contributed by atoms with van der Waals surface area (Å²) < 4.78 is 0. The molecule has 1 saturated carbocycles. The molecule has 4 nitrogen and oxygen atoms in total. The molecule has 2 unspecified atom stereocenters.